The first-order chi connectivity index (χ1) is 12.2. The second-order valence-corrected chi connectivity index (χ2v) is 8.59. The fourth-order valence-corrected chi connectivity index (χ4v) is 4.36. The summed E-state index contributed by atoms with van der Waals surface area (Å²) in [6.45, 7) is 8.66. The molecule has 0 radical (unpaired) electrons. The first-order valence-electron chi connectivity index (χ1n) is 8.48. The quantitative estimate of drug-likeness (QED) is 0.702. The minimum Gasteiger partial charge on any atom is -0.327 e. The van der Waals surface area contributed by atoms with Crippen LogP contribution in [0, 0.1) is 13.8 Å². The smallest absolute Gasteiger partial charge is 0.241 e. The van der Waals surface area contributed by atoms with Gasteiger partial charge in [0, 0.05) is 11.6 Å². The second kappa shape index (κ2) is 7.02. The highest BCUT2D eigenvalue weighted by molar-refractivity contribution is 7.89. The SMILES string of the molecule is CCn1c([C@@H](C)NS(=O)(=O)c2ccc(Cl)cc2)nc2cc(C)c(C)cc21. The van der Waals surface area contributed by atoms with Gasteiger partial charge in [0.1, 0.15) is 5.82 Å². The van der Waals surface area contributed by atoms with Crippen LogP contribution in [0.2, 0.25) is 5.02 Å². The molecule has 1 heterocycles. The van der Waals surface area contributed by atoms with E-state index in [0.29, 0.717) is 17.4 Å². The summed E-state index contributed by atoms with van der Waals surface area (Å²) in [6, 6.07) is 9.79. The van der Waals surface area contributed by atoms with Crippen LogP contribution in [0.5, 0.6) is 0 Å². The summed E-state index contributed by atoms with van der Waals surface area (Å²) in [7, 11) is -3.67. The normalized spacial score (nSPS) is 13.3. The van der Waals surface area contributed by atoms with E-state index in [1.807, 2.05) is 19.9 Å². The summed E-state index contributed by atoms with van der Waals surface area (Å²) >= 11 is 5.85. The maximum atomic E-state index is 12.7. The summed E-state index contributed by atoms with van der Waals surface area (Å²) in [5.74, 6) is 0.699. The van der Waals surface area contributed by atoms with Crippen molar-refractivity contribution in [1.82, 2.24) is 14.3 Å². The number of imidazole rings is 1. The number of nitrogens with zero attached hydrogens (tertiary/aromatic N) is 2. The molecule has 3 rings (SSSR count). The maximum absolute atomic E-state index is 12.7. The second-order valence-electron chi connectivity index (χ2n) is 6.44. The molecule has 5 nitrogen and oxygen atoms in total. The van der Waals surface area contributed by atoms with E-state index in [0.717, 1.165) is 11.0 Å². The summed E-state index contributed by atoms with van der Waals surface area (Å²) in [4.78, 5) is 4.87. The molecule has 2 aromatic carbocycles. The summed E-state index contributed by atoms with van der Waals surface area (Å²) in [5.41, 5.74) is 4.25. The highest BCUT2D eigenvalue weighted by Gasteiger charge is 2.23. The molecule has 138 valence electrons. The lowest BCUT2D eigenvalue weighted by Crippen LogP contribution is -2.28. The molecule has 0 bridgehead atoms. The first kappa shape index (κ1) is 18.9. The molecule has 26 heavy (non-hydrogen) atoms. The zero-order valence-electron chi connectivity index (χ0n) is 15.2. The number of rotatable bonds is 5. The van der Waals surface area contributed by atoms with Crippen LogP contribution in [0.15, 0.2) is 41.3 Å². The van der Waals surface area contributed by atoms with Crippen molar-refractivity contribution in [2.45, 2.75) is 45.2 Å². The van der Waals surface area contributed by atoms with Crippen molar-refractivity contribution in [2.75, 3.05) is 0 Å². The molecule has 7 heteroatoms. The van der Waals surface area contributed by atoms with E-state index in [4.69, 9.17) is 16.6 Å². The van der Waals surface area contributed by atoms with E-state index in [1.165, 1.54) is 23.3 Å². The van der Waals surface area contributed by atoms with Crippen LogP contribution in [0.3, 0.4) is 0 Å². The van der Waals surface area contributed by atoms with Gasteiger partial charge in [0.25, 0.3) is 0 Å². The third-order valence-corrected chi connectivity index (χ3v) is 6.36. The van der Waals surface area contributed by atoms with Gasteiger partial charge >= 0.3 is 0 Å². The molecule has 0 fully saturated rings. The van der Waals surface area contributed by atoms with Crippen molar-refractivity contribution in [2.24, 2.45) is 0 Å². The van der Waals surface area contributed by atoms with Crippen LogP contribution >= 0.6 is 11.6 Å². The van der Waals surface area contributed by atoms with Gasteiger partial charge in [-0.3, -0.25) is 0 Å². The Kier molecular flexibility index (Phi) is 5.10. The summed E-state index contributed by atoms with van der Waals surface area (Å²) < 4.78 is 30.1. The Morgan fingerprint density at radius 3 is 2.38 bits per heavy atom. The van der Waals surface area contributed by atoms with Crippen LogP contribution in [0.4, 0.5) is 0 Å². The average molecular weight is 392 g/mol. The van der Waals surface area contributed by atoms with Gasteiger partial charge in [-0.1, -0.05) is 11.6 Å². The maximum Gasteiger partial charge on any atom is 0.241 e. The number of nitrogens with one attached hydrogen (secondary N) is 1. The minimum atomic E-state index is -3.67. The molecule has 0 aliphatic heterocycles. The Hall–Kier alpha value is -1.89. The van der Waals surface area contributed by atoms with E-state index in [9.17, 15) is 8.42 Å². The largest absolute Gasteiger partial charge is 0.327 e. The molecule has 0 aliphatic carbocycles. The standard InChI is InChI=1S/C19H22ClN3O2S/c1-5-23-18-11-13(3)12(2)10-17(18)21-19(23)14(4)22-26(24,25)16-8-6-15(20)7-9-16/h6-11,14,22H,5H2,1-4H3/t14-/m1/s1. The lowest BCUT2D eigenvalue weighted by Gasteiger charge is -2.15. The number of hydrogen-bond acceptors (Lipinski definition) is 3. The van der Waals surface area contributed by atoms with Crippen molar-refractivity contribution >= 4 is 32.7 Å². The molecule has 1 N–H and O–H groups in total. The van der Waals surface area contributed by atoms with Crippen molar-refractivity contribution in [3.8, 4) is 0 Å². The molecule has 0 saturated heterocycles. The molecule has 3 aromatic rings. The number of hydrogen-bond donors (Lipinski definition) is 1. The van der Waals surface area contributed by atoms with Crippen molar-refractivity contribution in [3.05, 3.63) is 58.4 Å². The van der Waals surface area contributed by atoms with E-state index in [1.54, 1.807) is 19.1 Å². The Bertz CT molecular complexity index is 1060. The number of aryl methyl sites for hydroxylation is 3. The number of fused-ring (bicyclic) bond motifs is 1. The van der Waals surface area contributed by atoms with Crippen molar-refractivity contribution < 1.29 is 8.42 Å². The van der Waals surface area contributed by atoms with E-state index < -0.39 is 16.1 Å². The van der Waals surface area contributed by atoms with E-state index >= 15 is 0 Å². The predicted octanol–water partition coefficient (Wildman–Crippen LogP) is 4.37. The fraction of sp³-hybridized carbons (Fsp3) is 0.316. The van der Waals surface area contributed by atoms with Crippen LogP contribution in [0.25, 0.3) is 11.0 Å². The molecule has 1 atom stereocenters. The Morgan fingerprint density at radius 1 is 1.15 bits per heavy atom. The number of sulfonamides is 1. The van der Waals surface area contributed by atoms with Crippen LogP contribution in [-0.2, 0) is 16.6 Å². The van der Waals surface area contributed by atoms with Gasteiger partial charge in [0.2, 0.25) is 10.0 Å². The van der Waals surface area contributed by atoms with Gasteiger partial charge in [-0.25, -0.2) is 18.1 Å². The van der Waals surface area contributed by atoms with Gasteiger partial charge in [-0.2, -0.15) is 0 Å². The van der Waals surface area contributed by atoms with Crippen molar-refractivity contribution in [3.63, 3.8) is 0 Å². The molecule has 0 spiro atoms. The van der Waals surface area contributed by atoms with Crippen LogP contribution in [-0.4, -0.2) is 18.0 Å². The molecule has 1 aromatic heterocycles. The summed E-state index contributed by atoms with van der Waals surface area (Å²) in [6.07, 6.45) is 0. The minimum absolute atomic E-state index is 0.180. The third-order valence-electron chi connectivity index (χ3n) is 4.55. The number of aromatic nitrogens is 2. The molecular formula is C19H22ClN3O2S. The first-order valence-corrected chi connectivity index (χ1v) is 10.3. The number of halogens is 1. The fourth-order valence-electron chi connectivity index (χ4n) is 3.03. The highest BCUT2D eigenvalue weighted by atomic mass is 35.5. The zero-order chi connectivity index (χ0) is 19.1. The zero-order valence-corrected chi connectivity index (χ0v) is 16.8. The Balaban J connectivity index is 1.99. The highest BCUT2D eigenvalue weighted by Crippen LogP contribution is 2.25. The lowest BCUT2D eigenvalue weighted by molar-refractivity contribution is 0.549. The molecule has 0 saturated carbocycles. The van der Waals surface area contributed by atoms with Gasteiger partial charge in [0.15, 0.2) is 0 Å². The van der Waals surface area contributed by atoms with E-state index in [2.05, 4.69) is 22.3 Å². The van der Waals surface area contributed by atoms with Crippen molar-refractivity contribution in [1.29, 1.82) is 0 Å². The molecule has 0 unspecified atom stereocenters. The van der Waals surface area contributed by atoms with Gasteiger partial charge < -0.3 is 4.57 Å². The van der Waals surface area contributed by atoms with Gasteiger partial charge in [-0.15, -0.1) is 0 Å². The predicted molar refractivity (Wildman–Crippen MR) is 105 cm³/mol. The van der Waals surface area contributed by atoms with E-state index in [-0.39, 0.29) is 4.90 Å². The molecule has 0 aliphatic rings. The molecular weight excluding hydrogens is 370 g/mol. The average Bonchev–Trinajstić information content (AvgIpc) is 2.93. The number of benzene rings is 2. The van der Waals surface area contributed by atoms with Gasteiger partial charge in [-0.05, 0) is 75.2 Å². The Labute approximate surface area is 159 Å². The lowest BCUT2D eigenvalue weighted by atomic mass is 10.1. The topological polar surface area (TPSA) is 64.0 Å². The van der Waals surface area contributed by atoms with Crippen LogP contribution in [0.1, 0.15) is 36.8 Å². The van der Waals surface area contributed by atoms with Crippen LogP contribution < -0.4 is 4.72 Å². The monoisotopic (exact) mass is 391 g/mol. The summed E-state index contributed by atoms with van der Waals surface area (Å²) in [5, 5.41) is 0.496. The van der Waals surface area contributed by atoms with Gasteiger partial charge in [0.05, 0.1) is 22.0 Å². The Morgan fingerprint density at radius 2 is 1.77 bits per heavy atom. The molecule has 0 amide bonds. The third kappa shape index (κ3) is 3.49.